The Morgan fingerprint density at radius 2 is 1.79 bits per heavy atom. The van der Waals surface area contributed by atoms with Crippen LogP contribution in [0.2, 0.25) is 0 Å². The zero-order valence-electron chi connectivity index (χ0n) is 11.9. The molecule has 0 bridgehead atoms. The Morgan fingerprint density at radius 1 is 1.05 bits per heavy atom. The molecule has 1 N–H and O–H groups in total. The van der Waals surface area contributed by atoms with Gasteiger partial charge in [-0.25, -0.2) is 0 Å². The van der Waals surface area contributed by atoms with Crippen LogP contribution in [0.3, 0.4) is 0 Å². The van der Waals surface area contributed by atoms with Crippen molar-refractivity contribution >= 4 is 0 Å². The minimum atomic E-state index is 0.664. The van der Waals surface area contributed by atoms with E-state index in [1.807, 2.05) is 0 Å². The van der Waals surface area contributed by atoms with Crippen molar-refractivity contribution in [1.29, 1.82) is 0 Å². The van der Waals surface area contributed by atoms with Gasteiger partial charge in [0.15, 0.2) is 0 Å². The van der Waals surface area contributed by atoms with E-state index in [-0.39, 0.29) is 0 Å². The van der Waals surface area contributed by atoms with Crippen LogP contribution >= 0.6 is 0 Å². The van der Waals surface area contributed by atoms with Crippen LogP contribution in [0.1, 0.15) is 30.4 Å². The number of rotatable bonds is 3. The van der Waals surface area contributed by atoms with Crippen LogP contribution < -0.4 is 5.32 Å². The number of hydrogen-bond acceptors (Lipinski definition) is 2. The highest BCUT2D eigenvalue weighted by molar-refractivity contribution is 5.30. The first kappa shape index (κ1) is 13.1. The van der Waals surface area contributed by atoms with E-state index in [2.05, 4.69) is 36.6 Å². The maximum Gasteiger partial charge on any atom is 0.0469 e. The van der Waals surface area contributed by atoms with Crippen LogP contribution in [0.25, 0.3) is 0 Å². The van der Waals surface area contributed by atoms with E-state index in [1.54, 1.807) is 11.1 Å². The lowest BCUT2D eigenvalue weighted by molar-refractivity contribution is 0.0444. The second-order valence-corrected chi connectivity index (χ2v) is 6.04. The van der Waals surface area contributed by atoms with E-state index in [9.17, 15) is 0 Å². The first-order valence-electron chi connectivity index (χ1n) is 7.70. The maximum absolute atomic E-state index is 5.51. The minimum absolute atomic E-state index is 0.664. The first-order valence-corrected chi connectivity index (χ1v) is 7.70. The smallest absolute Gasteiger partial charge is 0.0469 e. The highest BCUT2D eigenvalue weighted by Gasteiger charge is 2.31. The van der Waals surface area contributed by atoms with E-state index in [0.717, 1.165) is 25.0 Å². The van der Waals surface area contributed by atoms with Gasteiger partial charge in [-0.1, -0.05) is 24.3 Å². The van der Waals surface area contributed by atoms with Gasteiger partial charge in [-0.05, 0) is 62.1 Å². The second-order valence-electron chi connectivity index (χ2n) is 6.04. The molecular formula is C17H25NO. The zero-order valence-corrected chi connectivity index (χ0v) is 11.9. The van der Waals surface area contributed by atoms with Gasteiger partial charge in [-0.15, -0.1) is 0 Å². The fourth-order valence-corrected chi connectivity index (χ4v) is 3.96. The van der Waals surface area contributed by atoms with Gasteiger partial charge < -0.3 is 10.1 Å². The molecule has 0 spiro atoms. The maximum atomic E-state index is 5.51. The summed E-state index contributed by atoms with van der Waals surface area (Å²) in [5.74, 6) is 1.59. The van der Waals surface area contributed by atoms with Crippen LogP contribution in [-0.2, 0) is 17.6 Å². The number of nitrogens with one attached hydrogen (secondary N) is 1. The van der Waals surface area contributed by atoms with Crippen LogP contribution in [0.5, 0.6) is 0 Å². The molecule has 0 aromatic heterocycles. The monoisotopic (exact) mass is 259 g/mol. The summed E-state index contributed by atoms with van der Waals surface area (Å²) in [5, 5.41) is 3.62. The van der Waals surface area contributed by atoms with E-state index in [0.29, 0.717) is 6.04 Å². The molecule has 2 aliphatic rings. The summed E-state index contributed by atoms with van der Waals surface area (Å²) in [4.78, 5) is 0. The van der Waals surface area contributed by atoms with Gasteiger partial charge in [0, 0.05) is 19.3 Å². The summed E-state index contributed by atoms with van der Waals surface area (Å²) < 4.78 is 5.51. The van der Waals surface area contributed by atoms with Gasteiger partial charge in [-0.3, -0.25) is 0 Å². The topological polar surface area (TPSA) is 21.3 Å². The van der Waals surface area contributed by atoms with Crippen molar-refractivity contribution in [1.82, 2.24) is 5.32 Å². The predicted octanol–water partition coefficient (Wildman–Crippen LogP) is 2.81. The number of aryl methyl sites for hydroxylation is 1. The Balaban J connectivity index is 1.71. The molecule has 0 amide bonds. The molecule has 104 valence electrons. The van der Waals surface area contributed by atoms with Gasteiger partial charge in [0.1, 0.15) is 0 Å². The quantitative estimate of drug-likeness (QED) is 0.901. The molecule has 2 atom stereocenters. The molecule has 3 rings (SSSR count). The predicted molar refractivity (Wildman–Crippen MR) is 78.3 cm³/mol. The first-order chi connectivity index (χ1) is 9.38. The van der Waals surface area contributed by atoms with Crippen LogP contribution in [-0.4, -0.2) is 26.3 Å². The van der Waals surface area contributed by atoms with Crippen molar-refractivity contribution in [2.24, 2.45) is 11.8 Å². The average Bonchev–Trinajstić information content (AvgIpc) is 2.49. The summed E-state index contributed by atoms with van der Waals surface area (Å²) in [6.07, 6.45) is 6.29. The van der Waals surface area contributed by atoms with E-state index in [4.69, 9.17) is 4.74 Å². The van der Waals surface area contributed by atoms with Crippen molar-refractivity contribution in [2.45, 2.75) is 38.1 Å². The summed E-state index contributed by atoms with van der Waals surface area (Å²) in [5.41, 5.74) is 3.15. The van der Waals surface area contributed by atoms with Crippen molar-refractivity contribution in [3.8, 4) is 0 Å². The molecule has 1 fully saturated rings. The third-order valence-corrected chi connectivity index (χ3v) is 5.00. The fourth-order valence-electron chi connectivity index (χ4n) is 3.96. The third-order valence-electron chi connectivity index (χ3n) is 5.00. The third kappa shape index (κ3) is 2.85. The lowest BCUT2D eigenvalue weighted by atomic mass is 9.74. The Labute approximate surface area is 116 Å². The molecule has 19 heavy (non-hydrogen) atoms. The summed E-state index contributed by atoms with van der Waals surface area (Å²) in [6, 6.07) is 9.64. The SMILES string of the molecule is CNC(C1CCOCC1)C1CCc2ccccc2C1. The Morgan fingerprint density at radius 3 is 2.53 bits per heavy atom. The number of benzene rings is 1. The van der Waals surface area contributed by atoms with E-state index in [1.165, 1.54) is 32.1 Å². The Kier molecular flexibility index (Phi) is 4.19. The number of hydrogen-bond donors (Lipinski definition) is 1. The lowest BCUT2D eigenvalue weighted by Gasteiger charge is -2.38. The molecule has 1 aromatic carbocycles. The number of fused-ring (bicyclic) bond motifs is 1. The standard InChI is InChI=1S/C17H25NO/c1-18-17(14-8-10-19-11-9-14)16-7-6-13-4-2-3-5-15(13)12-16/h2-5,14,16-18H,6-12H2,1H3. The van der Waals surface area contributed by atoms with E-state index >= 15 is 0 Å². The van der Waals surface area contributed by atoms with Crippen molar-refractivity contribution in [3.63, 3.8) is 0 Å². The summed E-state index contributed by atoms with van der Waals surface area (Å²) >= 11 is 0. The lowest BCUT2D eigenvalue weighted by Crippen LogP contribution is -2.44. The minimum Gasteiger partial charge on any atom is -0.381 e. The molecule has 1 aliphatic heterocycles. The Hall–Kier alpha value is -0.860. The summed E-state index contributed by atoms with van der Waals surface area (Å²) in [6.45, 7) is 1.90. The molecule has 1 aliphatic carbocycles. The van der Waals surface area contributed by atoms with Gasteiger partial charge in [0.05, 0.1) is 0 Å². The molecule has 1 heterocycles. The molecule has 0 saturated carbocycles. The van der Waals surface area contributed by atoms with Crippen LogP contribution in [0, 0.1) is 11.8 Å². The molecule has 2 nitrogen and oxygen atoms in total. The fraction of sp³-hybridized carbons (Fsp3) is 0.647. The van der Waals surface area contributed by atoms with Crippen molar-refractivity contribution in [3.05, 3.63) is 35.4 Å². The Bertz CT molecular complexity index is 411. The molecule has 0 radical (unpaired) electrons. The normalized spacial score (nSPS) is 25.8. The highest BCUT2D eigenvalue weighted by Crippen LogP contribution is 2.32. The average molecular weight is 259 g/mol. The van der Waals surface area contributed by atoms with E-state index < -0.39 is 0 Å². The van der Waals surface area contributed by atoms with Crippen LogP contribution in [0.4, 0.5) is 0 Å². The number of ether oxygens (including phenoxy) is 1. The van der Waals surface area contributed by atoms with Gasteiger partial charge in [-0.2, -0.15) is 0 Å². The van der Waals surface area contributed by atoms with Crippen LogP contribution in [0.15, 0.2) is 24.3 Å². The van der Waals surface area contributed by atoms with Crippen molar-refractivity contribution in [2.75, 3.05) is 20.3 Å². The summed E-state index contributed by atoms with van der Waals surface area (Å²) in [7, 11) is 2.14. The largest absolute Gasteiger partial charge is 0.381 e. The van der Waals surface area contributed by atoms with Gasteiger partial charge in [0.25, 0.3) is 0 Å². The molecule has 1 saturated heterocycles. The second kappa shape index (κ2) is 6.06. The van der Waals surface area contributed by atoms with Crippen molar-refractivity contribution < 1.29 is 4.74 Å². The van der Waals surface area contributed by atoms with Gasteiger partial charge in [0.2, 0.25) is 0 Å². The zero-order chi connectivity index (χ0) is 13.1. The van der Waals surface area contributed by atoms with Gasteiger partial charge >= 0.3 is 0 Å². The highest BCUT2D eigenvalue weighted by atomic mass is 16.5. The molecule has 2 unspecified atom stereocenters. The molecular weight excluding hydrogens is 234 g/mol. The molecule has 1 aromatic rings. The molecule has 2 heteroatoms.